The van der Waals surface area contributed by atoms with E-state index in [-0.39, 0.29) is 12.1 Å². The van der Waals surface area contributed by atoms with E-state index in [4.69, 9.17) is 26.8 Å². The molecule has 20 heavy (non-hydrogen) atoms. The van der Waals surface area contributed by atoms with Crippen LogP contribution in [0.2, 0.25) is 5.02 Å². The molecule has 0 amide bonds. The van der Waals surface area contributed by atoms with Gasteiger partial charge in [-0.1, -0.05) is 24.6 Å². The number of ether oxygens (including phenoxy) is 2. The molecule has 1 saturated heterocycles. The van der Waals surface area contributed by atoms with Crippen molar-refractivity contribution in [3.63, 3.8) is 0 Å². The molecular formula is C16H24ClNO2. The monoisotopic (exact) mass is 297 g/mol. The highest BCUT2D eigenvalue weighted by Crippen LogP contribution is 2.29. The summed E-state index contributed by atoms with van der Waals surface area (Å²) in [5.74, 6) is 0.838. The molecule has 3 nitrogen and oxygen atoms in total. The molecule has 1 heterocycles. The van der Waals surface area contributed by atoms with Crippen molar-refractivity contribution in [2.45, 2.75) is 57.8 Å². The molecule has 0 aliphatic carbocycles. The Morgan fingerprint density at radius 3 is 2.90 bits per heavy atom. The van der Waals surface area contributed by atoms with E-state index in [2.05, 4.69) is 13.8 Å². The minimum Gasteiger partial charge on any atom is -0.491 e. The standard InChI is InChI=1S/C16H24ClNO2/c1-3-12(18)9-14-15(17)5-4-6-16(14)19-10-13-8-7-11(2)20-13/h4-6,11-13H,3,7-10,18H2,1-2H3. The van der Waals surface area contributed by atoms with Gasteiger partial charge in [0.25, 0.3) is 0 Å². The van der Waals surface area contributed by atoms with Crippen molar-refractivity contribution >= 4 is 11.6 Å². The zero-order valence-electron chi connectivity index (χ0n) is 12.3. The zero-order valence-corrected chi connectivity index (χ0v) is 13.0. The maximum absolute atomic E-state index is 6.28. The van der Waals surface area contributed by atoms with Crippen molar-refractivity contribution in [2.24, 2.45) is 5.73 Å². The topological polar surface area (TPSA) is 44.5 Å². The van der Waals surface area contributed by atoms with Crippen LogP contribution in [0.5, 0.6) is 5.75 Å². The van der Waals surface area contributed by atoms with Crippen molar-refractivity contribution in [1.82, 2.24) is 0 Å². The van der Waals surface area contributed by atoms with Crippen molar-refractivity contribution in [1.29, 1.82) is 0 Å². The fourth-order valence-electron chi connectivity index (χ4n) is 2.47. The average molecular weight is 298 g/mol. The Hall–Kier alpha value is -0.770. The first-order valence-electron chi connectivity index (χ1n) is 7.41. The molecule has 0 spiro atoms. The van der Waals surface area contributed by atoms with Gasteiger partial charge in [-0.3, -0.25) is 0 Å². The highest BCUT2D eigenvalue weighted by molar-refractivity contribution is 6.31. The third-order valence-corrected chi connectivity index (χ3v) is 4.17. The van der Waals surface area contributed by atoms with Crippen LogP contribution in [0, 0.1) is 0 Å². The van der Waals surface area contributed by atoms with Gasteiger partial charge < -0.3 is 15.2 Å². The van der Waals surface area contributed by atoms with Crippen LogP contribution in [0.15, 0.2) is 18.2 Å². The molecule has 3 unspecified atom stereocenters. The van der Waals surface area contributed by atoms with Gasteiger partial charge in [-0.05, 0) is 44.7 Å². The van der Waals surface area contributed by atoms with E-state index in [9.17, 15) is 0 Å². The molecule has 112 valence electrons. The molecule has 2 N–H and O–H groups in total. The first-order valence-corrected chi connectivity index (χ1v) is 7.79. The molecule has 1 aromatic carbocycles. The normalized spacial score (nSPS) is 23.8. The number of hydrogen-bond acceptors (Lipinski definition) is 3. The number of nitrogens with two attached hydrogens (primary N) is 1. The number of halogens is 1. The molecule has 3 atom stereocenters. The molecular weight excluding hydrogens is 274 g/mol. The SMILES string of the molecule is CCC(N)Cc1c(Cl)cccc1OCC1CCC(C)O1. The van der Waals surface area contributed by atoms with Crippen LogP contribution in [0.1, 0.15) is 38.7 Å². The molecule has 0 radical (unpaired) electrons. The maximum atomic E-state index is 6.28. The fourth-order valence-corrected chi connectivity index (χ4v) is 2.71. The van der Waals surface area contributed by atoms with Crippen LogP contribution < -0.4 is 10.5 Å². The van der Waals surface area contributed by atoms with Crippen LogP contribution in [0.3, 0.4) is 0 Å². The molecule has 0 bridgehead atoms. The van der Waals surface area contributed by atoms with Gasteiger partial charge in [-0.2, -0.15) is 0 Å². The molecule has 2 rings (SSSR count). The van der Waals surface area contributed by atoms with Crippen molar-refractivity contribution in [2.75, 3.05) is 6.61 Å². The molecule has 0 aromatic heterocycles. The van der Waals surface area contributed by atoms with Crippen molar-refractivity contribution in [3.05, 3.63) is 28.8 Å². The van der Waals surface area contributed by atoms with E-state index in [0.717, 1.165) is 42.0 Å². The molecule has 4 heteroatoms. The summed E-state index contributed by atoms with van der Waals surface area (Å²) in [5.41, 5.74) is 7.05. The van der Waals surface area contributed by atoms with Crippen LogP contribution in [0.25, 0.3) is 0 Å². The fraction of sp³-hybridized carbons (Fsp3) is 0.625. The largest absolute Gasteiger partial charge is 0.491 e. The second-order valence-corrected chi connectivity index (χ2v) is 5.95. The lowest BCUT2D eigenvalue weighted by Crippen LogP contribution is -2.23. The molecule has 1 fully saturated rings. The van der Waals surface area contributed by atoms with Gasteiger partial charge in [0, 0.05) is 16.6 Å². The summed E-state index contributed by atoms with van der Waals surface area (Å²) in [5, 5.41) is 0.729. The minimum absolute atomic E-state index is 0.111. The highest BCUT2D eigenvalue weighted by atomic mass is 35.5. The summed E-state index contributed by atoms with van der Waals surface area (Å²) in [7, 11) is 0. The van der Waals surface area contributed by atoms with Crippen LogP contribution in [0.4, 0.5) is 0 Å². The summed E-state index contributed by atoms with van der Waals surface area (Å²) in [6, 6.07) is 5.87. The van der Waals surface area contributed by atoms with Gasteiger partial charge in [0.1, 0.15) is 12.4 Å². The van der Waals surface area contributed by atoms with E-state index >= 15 is 0 Å². The van der Waals surface area contributed by atoms with Crippen LogP contribution in [-0.4, -0.2) is 24.9 Å². The van der Waals surface area contributed by atoms with E-state index in [1.165, 1.54) is 0 Å². The van der Waals surface area contributed by atoms with Crippen LogP contribution in [-0.2, 0) is 11.2 Å². The molecule has 1 aliphatic heterocycles. The van der Waals surface area contributed by atoms with E-state index < -0.39 is 0 Å². The Morgan fingerprint density at radius 2 is 2.25 bits per heavy atom. The van der Waals surface area contributed by atoms with Gasteiger partial charge in [-0.25, -0.2) is 0 Å². The van der Waals surface area contributed by atoms with E-state index in [1.54, 1.807) is 0 Å². The predicted molar refractivity (Wildman–Crippen MR) is 82.5 cm³/mol. The summed E-state index contributed by atoms with van der Waals surface area (Å²) < 4.78 is 11.7. The second-order valence-electron chi connectivity index (χ2n) is 5.55. The van der Waals surface area contributed by atoms with Gasteiger partial charge in [0.2, 0.25) is 0 Å². The maximum Gasteiger partial charge on any atom is 0.124 e. The minimum atomic E-state index is 0.111. The second kappa shape index (κ2) is 7.30. The zero-order chi connectivity index (χ0) is 14.5. The first kappa shape index (κ1) is 15.6. The quantitative estimate of drug-likeness (QED) is 0.873. The summed E-state index contributed by atoms with van der Waals surface area (Å²) in [6.07, 6.45) is 4.37. The average Bonchev–Trinajstić information content (AvgIpc) is 2.85. The lowest BCUT2D eigenvalue weighted by molar-refractivity contribution is 0.0262. The third kappa shape index (κ3) is 4.11. The predicted octanol–water partition coefficient (Wildman–Crippen LogP) is 3.57. The summed E-state index contributed by atoms with van der Waals surface area (Å²) in [4.78, 5) is 0. The number of rotatable bonds is 6. The Labute approximate surface area is 126 Å². The Bertz CT molecular complexity index is 438. The molecule has 1 aliphatic rings. The number of hydrogen-bond donors (Lipinski definition) is 1. The number of benzene rings is 1. The Morgan fingerprint density at radius 1 is 1.45 bits per heavy atom. The Kier molecular flexibility index (Phi) is 5.70. The molecule has 0 saturated carbocycles. The van der Waals surface area contributed by atoms with Gasteiger partial charge in [0.05, 0.1) is 12.2 Å². The van der Waals surface area contributed by atoms with E-state index in [1.807, 2.05) is 18.2 Å². The smallest absolute Gasteiger partial charge is 0.124 e. The third-order valence-electron chi connectivity index (χ3n) is 3.81. The van der Waals surface area contributed by atoms with E-state index in [0.29, 0.717) is 12.7 Å². The molecule has 1 aromatic rings. The summed E-state index contributed by atoms with van der Waals surface area (Å²) in [6.45, 7) is 4.76. The van der Waals surface area contributed by atoms with Crippen molar-refractivity contribution < 1.29 is 9.47 Å². The van der Waals surface area contributed by atoms with Gasteiger partial charge in [-0.15, -0.1) is 0 Å². The van der Waals surface area contributed by atoms with Crippen LogP contribution >= 0.6 is 11.6 Å². The Balaban J connectivity index is 2.01. The lowest BCUT2D eigenvalue weighted by Gasteiger charge is -2.18. The van der Waals surface area contributed by atoms with Gasteiger partial charge in [0.15, 0.2) is 0 Å². The first-order chi connectivity index (χ1) is 9.60. The summed E-state index contributed by atoms with van der Waals surface area (Å²) >= 11 is 6.28. The van der Waals surface area contributed by atoms with Gasteiger partial charge >= 0.3 is 0 Å². The highest BCUT2D eigenvalue weighted by Gasteiger charge is 2.22. The lowest BCUT2D eigenvalue weighted by atomic mass is 10.0. The van der Waals surface area contributed by atoms with Crippen molar-refractivity contribution in [3.8, 4) is 5.75 Å².